The second-order valence-electron chi connectivity index (χ2n) is 5.45. The smallest absolute Gasteiger partial charge is 0.282 e. The molecule has 0 aliphatic rings. The van der Waals surface area contributed by atoms with E-state index in [4.69, 9.17) is 9.47 Å². The predicted octanol–water partition coefficient (Wildman–Crippen LogP) is 2.83. The molecule has 0 spiro atoms. The highest BCUT2D eigenvalue weighted by Gasteiger charge is 2.18. The molecule has 0 aliphatic heterocycles. The van der Waals surface area contributed by atoms with Gasteiger partial charge in [0, 0.05) is 4.88 Å². The fraction of sp³-hybridized carbons (Fsp3) is 0.235. The molecule has 10 heteroatoms. The van der Waals surface area contributed by atoms with E-state index < -0.39 is 4.92 Å². The van der Waals surface area contributed by atoms with Gasteiger partial charge in [0.15, 0.2) is 11.5 Å². The zero-order valence-corrected chi connectivity index (χ0v) is 15.6. The average molecular weight is 388 g/mol. The molecular weight excluding hydrogens is 372 g/mol. The fourth-order valence-electron chi connectivity index (χ4n) is 2.49. The molecule has 1 aromatic carbocycles. The first-order valence-corrected chi connectivity index (χ1v) is 8.75. The van der Waals surface area contributed by atoms with Crippen LogP contribution < -0.4 is 15.0 Å². The molecular formula is C17H16N4O5S. The Labute approximate surface area is 157 Å². The normalized spacial score (nSPS) is 11.2. The van der Waals surface area contributed by atoms with Crippen LogP contribution in [-0.2, 0) is 6.42 Å². The van der Waals surface area contributed by atoms with Gasteiger partial charge in [-0.3, -0.25) is 14.9 Å². The van der Waals surface area contributed by atoms with E-state index in [0.29, 0.717) is 16.0 Å². The molecule has 3 rings (SSSR count). The van der Waals surface area contributed by atoms with Crippen molar-refractivity contribution in [1.29, 1.82) is 0 Å². The largest absolute Gasteiger partial charge is 0.493 e. The van der Waals surface area contributed by atoms with Gasteiger partial charge in [0.2, 0.25) is 0 Å². The lowest BCUT2D eigenvalue weighted by Crippen LogP contribution is -2.16. The molecule has 0 radical (unpaired) electrons. The number of aromatic nitrogens is 2. The van der Waals surface area contributed by atoms with Crippen LogP contribution in [0.2, 0.25) is 0 Å². The third-order valence-corrected chi connectivity index (χ3v) is 5.07. The van der Waals surface area contributed by atoms with Gasteiger partial charge in [-0.15, -0.1) is 11.3 Å². The number of nitro groups is 1. The van der Waals surface area contributed by atoms with Gasteiger partial charge < -0.3 is 9.47 Å². The summed E-state index contributed by atoms with van der Waals surface area (Å²) >= 11 is 1.45. The second kappa shape index (κ2) is 7.54. The van der Waals surface area contributed by atoms with Crippen molar-refractivity contribution in [3.05, 3.63) is 55.4 Å². The van der Waals surface area contributed by atoms with Gasteiger partial charge in [-0.05, 0) is 18.6 Å². The number of rotatable bonds is 6. The summed E-state index contributed by atoms with van der Waals surface area (Å²) in [4.78, 5) is 29.3. The number of ether oxygens (including phenoxy) is 2. The van der Waals surface area contributed by atoms with Crippen molar-refractivity contribution in [1.82, 2.24) is 9.66 Å². The number of methoxy groups -OCH3 is 2. The summed E-state index contributed by atoms with van der Waals surface area (Å²) in [5.74, 6) is 0.544. The molecule has 9 nitrogen and oxygen atoms in total. The standard InChI is InChI=1S/C17H16N4O5S/c1-4-11-6-12-16(27-11)18-9-20(17(12)22)19-8-10-5-14(25-2)15(26-3)7-13(10)21(23)24/h5-9H,4H2,1-3H3/b19-8-. The van der Waals surface area contributed by atoms with Crippen LogP contribution in [0, 0.1) is 10.1 Å². The predicted molar refractivity (Wildman–Crippen MR) is 102 cm³/mol. The van der Waals surface area contributed by atoms with Crippen LogP contribution in [0.4, 0.5) is 5.69 Å². The van der Waals surface area contributed by atoms with Crippen LogP contribution in [0.1, 0.15) is 17.4 Å². The molecule has 2 heterocycles. The third-order valence-electron chi connectivity index (χ3n) is 3.89. The van der Waals surface area contributed by atoms with Gasteiger partial charge in [-0.2, -0.15) is 9.78 Å². The number of aryl methyl sites for hydroxylation is 1. The Morgan fingerprint density at radius 2 is 2.00 bits per heavy atom. The molecule has 0 bridgehead atoms. The Morgan fingerprint density at radius 3 is 2.63 bits per heavy atom. The van der Waals surface area contributed by atoms with Crippen molar-refractivity contribution in [2.24, 2.45) is 5.10 Å². The summed E-state index contributed by atoms with van der Waals surface area (Å²) in [5.41, 5.74) is -0.387. The number of benzene rings is 1. The lowest BCUT2D eigenvalue weighted by Gasteiger charge is -2.08. The minimum absolute atomic E-state index is 0.171. The van der Waals surface area contributed by atoms with Gasteiger partial charge >= 0.3 is 0 Å². The number of nitrogens with zero attached hydrogens (tertiary/aromatic N) is 4. The van der Waals surface area contributed by atoms with Gasteiger partial charge in [0.25, 0.3) is 11.2 Å². The molecule has 0 fully saturated rings. The molecule has 3 aromatic rings. The summed E-state index contributed by atoms with van der Waals surface area (Å²) in [7, 11) is 2.82. The van der Waals surface area contributed by atoms with E-state index in [-0.39, 0.29) is 22.6 Å². The SMILES string of the molecule is CCc1cc2c(=O)n(/N=C\c3cc(OC)c(OC)cc3[N+](=O)[O-])cnc2s1. The maximum atomic E-state index is 12.6. The minimum atomic E-state index is -0.556. The van der Waals surface area contributed by atoms with Crippen molar-refractivity contribution in [3.8, 4) is 11.5 Å². The Balaban J connectivity index is 2.07. The van der Waals surface area contributed by atoms with Crippen LogP contribution in [-0.4, -0.2) is 35.0 Å². The highest BCUT2D eigenvalue weighted by molar-refractivity contribution is 7.18. The molecule has 27 heavy (non-hydrogen) atoms. The molecule has 0 unspecified atom stereocenters. The summed E-state index contributed by atoms with van der Waals surface area (Å²) in [6, 6.07) is 4.47. The third kappa shape index (κ3) is 3.51. The first-order valence-electron chi connectivity index (χ1n) is 7.93. The van der Waals surface area contributed by atoms with Crippen LogP contribution in [0.5, 0.6) is 11.5 Å². The number of fused-ring (bicyclic) bond motifs is 1. The number of hydrogen-bond acceptors (Lipinski definition) is 8. The first kappa shape index (κ1) is 18.5. The van der Waals surface area contributed by atoms with Crippen LogP contribution in [0.15, 0.2) is 34.4 Å². The Morgan fingerprint density at radius 1 is 1.30 bits per heavy atom. The molecule has 0 atom stereocenters. The minimum Gasteiger partial charge on any atom is -0.493 e. The quantitative estimate of drug-likeness (QED) is 0.365. The fourth-order valence-corrected chi connectivity index (χ4v) is 3.42. The van der Waals surface area contributed by atoms with E-state index in [1.807, 2.05) is 6.92 Å². The van der Waals surface area contributed by atoms with E-state index >= 15 is 0 Å². The average Bonchev–Trinajstić information content (AvgIpc) is 3.11. The second-order valence-corrected chi connectivity index (χ2v) is 6.56. The number of thiophene rings is 1. The molecule has 2 aromatic heterocycles. The summed E-state index contributed by atoms with van der Waals surface area (Å²) in [6.07, 6.45) is 3.33. The van der Waals surface area contributed by atoms with Gasteiger partial charge in [0.1, 0.15) is 11.2 Å². The Hall–Kier alpha value is -3.27. The maximum Gasteiger partial charge on any atom is 0.282 e. The summed E-state index contributed by atoms with van der Waals surface area (Å²) in [5, 5.41) is 15.9. The van der Waals surface area contributed by atoms with Crippen molar-refractivity contribution in [2.45, 2.75) is 13.3 Å². The van der Waals surface area contributed by atoms with Crippen LogP contribution >= 0.6 is 11.3 Å². The topological polar surface area (TPSA) is 109 Å². The molecule has 0 aliphatic carbocycles. The van der Waals surface area contributed by atoms with Crippen LogP contribution in [0.3, 0.4) is 0 Å². The Bertz CT molecular complexity index is 1100. The summed E-state index contributed by atoms with van der Waals surface area (Å²) in [6.45, 7) is 2.00. The maximum absolute atomic E-state index is 12.6. The molecule has 0 saturated carbocycles. The highest BCUT2D eigenvalue weighted by atomic mass is 32.1. The number of hydrogen-bond donors (Lipinski definition) is 0. The van der Waals surface area contributed by atoms with Crippen LogP contribution in [0.25, 0.3) is 10.2 Å². The van der Waals surface area contributed by atoms with Crippen molar-refractivity contribution in [3.63, 3.8) is 0 Å². The van der Waals surface area contributed by atoms with Crippen molar-refractivity contribution >= 4 is 33.5 Å². The van der Waals surface area contributed by atoms with E-state index in [0.717, 1.165) is 16.0 Å². The monoisotopic (exact) mass is 388 g/mol. The lowest BCUT2D eigenvalue weighted by molar-refractivity contribution is -0.385. The molecule has 0 saturated heterocycles. The zero-order valence-electron chi connectivity index (χ0n) is 14.8. The summed E-state index contributed by atoms with van der Waals surface area (Å²) < 4.78 is 11.3. The number of nitro benzene ring substituents is 1. The van der Waals surface area contributed by atoms with Crippen molar-refractivity contribution in [2.75, 3.05) is 14.2 Å². The highest BCUT2D eigenvalue weighted by Crippen LogP contribution is 2.33. The van der Waals surface area contributed by atoms with E-state index in [1.54, 1.807) is 6.07 Å². The van der Waals surface area contributed by atoms with Crippen molar-refractivity contribution < 1.29 is 14.4 Å². The molecule has 140 valence electrons. The molecule has 0 amide bonds. The van der Waals surface area contributed by atoms with E-state index in [2.05, 4.69) is 10.1 Å². The lowest BCUT2D eigenvalue weighted by atomic mass is 10.1. The van der Waals surface area contributed by atoms with Gasteiger partial charge in [-0.25, -0.2) is 4.98 Å². The zero-order chi connectivity index (χ0) is 19.6. The van der Waals surface area contributed by atoms with Gasteiger partial charge in [-0.1, -0.05) is 6.92 Å². The Kier molecular flexibility index (Phi) is 5.17. The molecule has 0 N–H and O–H groups in total. The van der Waals surface area contributed by atoms with E-state index in [9.17, 15) is 14.9 Å². The van der Waals surface area contributed by atoms with E-state index in [1.165, 1.54) is 50.2 Å². The van der Waals surface area contributed by atoms with Gasteiger partial charge in [0.05, 0.1) is 42.4 Å². The first-order chi connectivity index (χ1) is 13.0.